The molecule has 3 aromatic rings. The summed E-state index contributed by atoms with van der Waals surface area (Å²) in [4.78, 5) is 24.4. The number of benzene rings is 2. The van der Waals surface area contributed by atoms with E-state index in [0.29, 0.717) is 32.7 Å². The highest BCUT2D eigenvalue weighted by molar-refractivity contribution is 6.36. The summed E-state index contributed by atoms with van der Waals surface area (Å²) in [6.45, 7) is 0.296. The van der Waals surface area contributed by atoms with E-state index in [-0.39, 0.29) is 24.9 Å². The Labute approximate surface area is 171 Å². The largest absolute Gasteiger partial charge is 0.467 e. The first-order valence-corrected chi connectivity index (χ1v) is 9.16. The molecule has 0 saturated carbocycles. The van der Waals surface area contributed by atoms with Crippen molar-refractivity contribution in [2.24, 2.45) is 0 Å². The van der Waals surface area contributed by atoms with Crippen LogP contribution in [0.3, 0.4) is 0 Å². The summed E-state index contributed by atoms with van der Waals surface area (Å²) in [5.74, 6) is 0.113. The maximum absolute atomic E-state index is 12.3. The molecule has 3 N–H and O–H groups in total. The van der Waals surface area contributed by atoms with Gasteiger partial charge in [0.1, 0.15) is 5.76 Å². The maximum atomic E-state index is 12.3. The molecule has 0 aliphatic rings. The van der Waals surface area contributed by atoms with E-state index in [1.807, 2.05) is 0 Å². The monoisotopic (exact) mass is 417 g/mol. The van der Waals surface area contributed by atoms with Gasteiger partial charge in [0.15, 0.2) is 0 Å². The number of amides is 2. The molecular formula is C20H17Cl2N3O3. The molecule has 2 aromatic carbocycles. The second kappa shape index (κ2) is 9.30. The van der Waals surface area contributed by atoms with Crippen molar-refractivity contribution in [1.82, 2.24) is 5.32 Å². The molecule has 0 radical (unpaired) electrons. The molecule has 0 aliphatic carbocycles. The van der Waals surface area contributed by atoms with E-state index in [9.17, 15) is 9.59 Å². The zero-order valence-corrected chi connectivity index (χ0v) is 16.2. The van der Waals surface area contributed by atoms with Crippen molar-refractivity contribution in [2.75, 3.05) is 17.2 Å². The summed E-state index contributed by atoms with van der Waals surface area (Å²) in [5, 5.41) is 9.38. The van der Waals surface area contributed by atoms with Crippen LogP contribution in [0.25, 0.3) is 0 Å². The smallest absolute Gasteiger partial charge is 0.251 e. The Morgan fingerprint density at radius 1 is 1.00 bits per heavy atom. The molecule has 3 rings (SSSR count). The minimum absolute atomic E-state index is 0.0102. The fraction of sp³-hybridized carbons (Fsp3) is 0.100. The fourth-order valence-corrected chi connectivity index (χ4v) is 2.91. The van der Waals surface area contributed by atoms with Crippen molar-refractivity contribution in [1.29, 1.82) is 0 Å². The molecule has 6 nitrogen and oxygen atoms in total. The first-order chi connectivity index (χ1) is 13.5. The Bertz CT molecular complexity index is 975. The highest BCUT2D eigenvalue weighted by atomic mass is 35.5. The summed E-state index contributed by atoms with van der Waals surface area (Å²) in [5.41, 5.74) is 1.55. The number of hydrogen-bond acceptors (Lipinski definition) is 4. The van der Waals surface area contributed by atoms with Gasteiger partial charge < -0.3 is 20.4 Å². The fourth-order valence-electron chi connectivity index (χ4n) is 2.43. The molecule has 0 fully saturated rings. The molecule has 0 unspecified atom stereocenters. The van der Waals surface area contributed by atoms with E-state index in [1.54, 1.807) is 60.9 Å². The summed E-state index contributed by atoms with van der Waals surface area (Å²) >= 11 is 11.9. The van der Waals surface area contributed by atoms with Crippen LogP contribution < -0.4 is 16.0 Å². The van der Waals surface area contributed by atoms with E-state index in [0.717, 1.165) is 0 Å². The molecule has 144 valence electrons. The Morgan fingerprint density at radius 2 is 1.86 bits per heavy atom. The van der Waals surface area contributed by atoms with Crippen molar-refractivity contribution in [3.05, 3.63) is 82.2 Å². The number of hydrogen-bond donors (Lipinski definition) is 3. The van der Waals surface area contributed by atoms with E-state index >= 15 is 0 Å². The second-order valence-corrected chi connectivity index (χ2v) is 6.71. The van der Waals surface area contributed by atoms with Crippen LogP contribution in [0, 0.1) is 0 Å². The van der Waals surface area contributed by atoms with Crippen LogP contribution in [-0.4, -0.2) is 18.4 Å². The van der Waals surface area contributed by atoms with Gasteiger partial charge in [-0.1, -0.05) is 29.3 Å². The van der Waals surface area contributed by atoms with Gasteiger partial charge in [-0.3, -0.25) is 9.59 Å². The van der Waals surface area contributed by atoms with Gasteiger partial charge in [0.25, 0.3) is 5.91 Å². The van der Waals surface area contributed by atoms with Crippen molar-refractivity contribution in [3.63, 3.8) is 0 Å². The van der Waals surface area contributed by atoms with Crippen LogP contribution >= 0.6 is 23.2 Å². The molecule has 0 saturated heterocycles. The number of carbonyl (C=O) groups excluding carboxylic acids is 2. The number of furan rings is 1. The van der Waals surface area contributed by atoms with Gasteiger partial charge in [0.2, 0.25) is 5.91 Å². The lowest BCUT2D eigenvalue weighted by atomic mass is 10.2. The summed E-state index contributed by atoms with van der Waals surface area (Å²) in [6.07, 6.45) is 1.54. The van der Waals surface area contributed by atoms with Gasteiger partial charge in [0.05, 0.1) is 30.1 Å². The van der Waals surface area contributed by atoms with Gasteiger partial charge in [0, 0.05) is 16.3 Å². The van der Waals surface area contributed by atoms with Gasteiger partial charge in [-0.15, -0.1) is 0 Å². The Balaban J connectivity index is 1.54. The van der Waals surface area contributed by atoms with Gasteiger partial charge in [-0.05, 0) is 48.5 Å². The first kappa shape index (κ1) is 19.8. The molecule has 0 aliphatic heterocycles. The molecule has 1 aromatic heterocycles. The number of nitrogens with one attached hydrogen (secondary N) is 3. The Kier molecular flexibility index (Phi) is 6.57. The lowest BCUT2D eigenvalue weighted by Crippen LogP contribution is -2.24. The quantitative estimate of drug-likeness (QED) is 0.525. The Hall–Kier alpha value is -2.96. The molecular weight excluding hydrogens is 401 g/mol. The minimum atomic E-state index is -0.279. The first-order valence-electron chi connectivity index (χ1n) is 8.40. The topological polar surface area (TPSA) is 83.4 Å². The normalized spacial score (nSPS) is 10.4. The van der Waals surface area contributed by atoms with Crippen molar-refractivity contribution >= 4 is 46.4 Å². The molecule has 0 atom stereocenters. The van der Waals surface area contributed by atoms with Crippen molar-refractivity contribution in [3.8, 4) is 0 Å². The average molecular weight is 418 g/mol. The zero-order chi connectivity index (χ0) is 19.9. The predicted octanol–water partition coefficient (Wildman–Crippen LogP) is 4.57. The van der Waals surface area contributed by atoms with Crippen molar-refractivity contribution < 1.29 is 14.0 Å². The second-order valence-electron chi connectivity index (χ2n) is 5.87. The molecule has 8 heteroatoms. The third kappa shape index (κ3) is 5.52. The van der Waals surface area contributed by atoms with Gasteiger partial charge in [-0.25, -0.2) is 0 Å². The van der Waals surface area contributed by atoms with Crippen LogP contribution in [0.1, 0.15) is 16.1 Å². The lowest BCUT2D eigenvalue weighted by Gasteiger charge is -2.10. The summed E-state index contributed by atoms with van der Waals surface area (Å²) in [6, 6.07) is 15.2. The number of halogens is 2. The number of anilines is 2. The highest BCUT2D eigenvalue weighted by Crippen LogP contribution is 2.25. The third-order valence-corrected chi connectivity index (χ3v) is 4.33. The molecule has 28 heavy (non-hydrogen) atoms. The molecule has 2 amide bonds. The SMILES string of the molecule is O=C(CNc1ccc(Cl)cc1Cl)Nc1cccc(C(=O)NCc2ccco2)c1. The lowest BCUT2D eigenvalue weighted by molar-refractivity contribution is -0.114. The minimum Gasteiger partial charge on any atom is -0.467 e. The predicted molar refractivity (Wildman–Crippen MR) is 110 cm³/mol. The summed E-state index contributed by atoms with van der Waals surface area (Å²) < 4.78 is 5.18. The summed E-state index contributed by atoms with van der Waals surface area (Å²) in [7, 11) is 0. The van der Waals surface area contributed by atoms with E-state index in [2.05, 4.69) is 16.0 Å². The third-order valence-electron chi connectivity index (χ3n) is 3.78. The highest BCUT2D eigenvalue weighted by Gasteiger charge is 2.09. The molecule has 1 heterocycles. The van der Waals surface area contributed by atoms with Crippen LogP contribution in [0.2, 0.25) is 10.0 Å². The van der Waals surface area contributed by atoms with Gasteiger partial charge >= 0.3 is 0 Å². The molecule has 0 bridgehead atoms. The van der Waals surface area contributed by atoms with Crippen LogP contribution in [0.5, 0.6) is 0 Å². The van der Waals surface area contributed by atoms with Crippen LogP contribution in [0.15, 0.2) is 65.3 Å². The van der Waals surface area contributed by atoms with Crippen LogP contribution in [-0.2, 0) is 11.3 Å². The molecule has 0 spiro atoms. The van der Waals surface area contributed by atoms with Gasteiger partial charge in [-0.2, -0.15) is 0 Å². The van der Waals surface area contributed by atoms with Crippen LogP contribution in [0.4, 0.5) is 11.4 Å². The van der Waals surface area contributed by atoms with E-state index < -0.39 is 0 Å². The average Bonchev–Trinajstić information content (AvgIpc) is 3.19. The van der Waals surface area contributed by atoms with Crippen molar-refractivity contribution in [2.45, 2.75) is 6.54 Å². The zero-order valence-electron chi connectivity index (χ0n) is 14.7. The Morgan fingerprint density at radius 3 is 2.61 bits per heavy atom. The standard InChI is InChI=1S/C20H17Cl2N3O3/c21-14-6-7-18(17(22)10-14)23-12-19(26)25-15-4-1-3-13(9-15)20(27)24-11-16-5-2-8-28-16/h1-10,23H,11-12H2,(H,24,27)(H,25,26). The van der Waals surface area contributed by atoms with E-state index in [4.69, 9.17) is 27.6 Å². The maximum Gasteiger partial charge on any atom is 0.251 e. The number of carbonyl (C=O) groups is 2. The van der Waals surface area contributed by atoms with E-state index in [1.165, 1.54) is 0 Å². The number of rotatable bonds is 7.